The van der Waals surface area contributed by atoms with E-state index in [1.54, 1.807) is 0 Å². The fourth-order valence-corrected chi connectivity index (χ4v) is 1.34. The Hall–Kier alpha value is -0.910. The zero-order valence-electron chi connectivity index (χ0n) is 7.53. The highest BCUT2D eigenvalue weighted by molar-refractivity contribution is 9.10. The number of carbonyl (C=O) groups excluding carboxylic acids is 1. The van der Waals surface area contributed by atoms with Gasteiger partial charge >= 0.3 is 0 Å². The number of nitrogens with one attached hydrogen (secondary N) is 1. The Morgan fingerprint density at radius 2 is 2.00 bits per heavy atom. The summed E-state index contributed by atoms with van der Waals surface area (Å²) in [5.74, 6) is 4.61. The molecule has 1 unspecified atom stereocenters. The molecule has 1 rings (SSSR count). The molecule has 0 saturated carbocycles. The van der Waals surface area contributed by atoms with Gasteiger partial charge in [-0.2, -0.15) is 0 Å². The van der Waals surface area contributed by atoms with Crippen molar-refractivity contribution in [2.45, 2.75) is 12.5 Å². The van der Waals surface area contributed by atoms with Crippen molar-refractivity contribution in [3.63, 3.8) is 0 Å². The Labute approximate surface area is 90.8 Å². The van der Waals surface area contributed by atoms with E-state index in [1.807, 2.05) is 29.7 Å². The first-order chi connectivity index (χ1) is 6.63. The lowest BCUT2D eigenvalue weighted by atomic mass is 10.1. The van der Waals surface area contributed by atoms with Crippen LogP contribution in [0.25, 0.3) is 0 Å². The summed E-state index contributed by atoms with van der Waals surface area (Å²) in [5, 5.41) is 0. The molecule has 1 amide bonds. The van der Waals surface area contributed by atoms with Gasteiger partial charge in [0.25, 0.3) is 5.91 Å². The topological polar surface area (TPSA) is 81.1 Å². The first-order valence-corrected chi connectivity index (χ1v) is 4.93. The van der Waals surface area contributed by atoms with Gasteiger partial charge in [-0.05, 0) is 24.1 Å². The molecular weight excluding hydrogens is 246 g/mol. The van der Waals surface area contributed by atoms with Gasteiger partial charge < -0.3 is 5.73 Å². The number of halogens is 1. The molecule has 0 heterocycles. The van der Waals surface area contributed by atoms with E-state index in [2.05, 4.69) is 15.9 Å². The van der Waals surface area contributed by atoms with Gasteiger partial charge in [0.05, 0.1) is 6.04 Å². The van der Waals surface area contributed by atoms with Crippen LogP contribution in [0.2, 0.25) is 0 Å². The Morgan fingerprint density at radius 1 is 1.43 bits per heavy atom. The van der Waals surface area contributed by atoms with E-state index in [-0.39, 0.29) is 5.91 Å². The third kappa shape index (κ3) is 3.10. The Morgan fingerprint density at radius 3 is 2.50 bits per heavy atom. The van der Waals surface area contributed by atoms with Crippen LogP contribution in [0.15, 0.2) is 28.7 Å². The molecule has 0 bridgehead atoms. The Kier molecular flexibility index (Phi) is 4.06. The smallest absolute Gasteiger partial charge is 0.251 e. The van der Waals surface area contributed by atoms with E-state index in [1.165, 1.54) is 0 Å². The SMILES string of the molecule is NNC(=O)C(N)Cc1ccc(Br)cc1. The minimum atomic E-state index is -0.596. The zero-order chi connectivity index (χ0) is 10.6. The number of nitrogens with two attached hydrogens (primary N) is 2. The molecule has 4 nitrogen and oxygen atoms in total. The van der Waals surface area contributed by atoms with Crippen molar-refractivity contribution in [3.05, 3.63) is 34.3 Å². The second-order valence-electron chi connectivity index (χ2n) is 2.95. The van der Waals surface area contributed by atoms with Gasteiger partial charge in [-0.3, -0.25) is 10.2 Å². The van der Waals surface area contributed by atoms with Crippen LogP contribution in [-0.2, 0) is 11.2 Å². The maximum atomic E-state index is 11.0. The standard InChI is InChI=1S/C9H12BrN3O/c10-7-3-1-6(2-4-7)5-8(11)9(14)13-12/h1-4,8H,5,11-12H2,(H,13,14). The minimum absolute atomic E-state index is 0.354. The number of rotatable bonds is 3. The molecular formula is C9H12BrN3O. The molecule has 0 aliphatic heterocycles. The molecule has 76 valence electrons. The summed E-state index contributed by atoms with van der Waals surface area (Å²) < 4.78 is 0.998. The maximum Gasteiger partial charge on any atom is 0.251 e. The van der Waals surface area contributed by atoms with E-state index in [0.717, 1.165) is 10.0 Å². The van der Waals surface area contributed by atoms with Gasteiger partial charge in [0.2, 0.25) is 0 Å². The van der Waals surface area contributed by atoms with Crippen LogP contribution in [0.1, 0.15) is 5.56 Å². The molecule has 14 heavy (non-hydrogen) atoms. The van der Waals surface area contributed by atoms with E-state index >= 15 is 0 Å². The highest BCUT2D eigenvalue weighted by atomic mass is 79.9. The molecule has 0 spiro atoms. The summed E-state index contributed by atoms with van der Waals surface area (Å²) >= 11 is 3.32. The quantitative estimate of drug-likeness (QED) is 0.414. The monoisotopic (exact) mass is 257 g/mol. The fraction of sp³-hybridized carbons (Fsp3) is 0.222. The van der Waals surface area contributed by atoms with Crippen molar-refractivity contribution in [2.24, 2.45) is 11.6 Å². The molecule has 0 fully saturated rings. The van der Waals surface area contributed by atoms with Crippen molar-refractivity contribution in [1.82, 2.24) is 5.43 Å². The fourth-order valence-electron chi connectivity index (χ4n) is 1.07. The van der Waals surface area contributed by atoms with Crippen LogP contribution in [0, 0.1) is 0 Å². The highest BCUT2D eigenvalue weighted by Crippen LogP contribution is 2.11. The van der Waals surface area contributed by atoms with Gasteiger partial charge in [-0.1, -0.05) is 28.1 Å². The molecule has 0 aromatic heterocycles. The summed E-state index contributed by atoms with van der Waals surface area (Å²) in [6, 6.07) is 7.04. The maximum absolute atomic E-state index is 11.0. The van der Waals surface area contributed by atoms with Gasteiger partial charge in [0, 0.05) is 4.47 Å². The molecule has 1 aromatic carbocycles. The predicted molar refractivity (Wildman–Crippen MR) is 58.2 cm³/mol. The largest absolute Gasteiger partial charge is 0.320 e. The van der Waals surface area contributed by atoms with Gasteiger partial charge in [0.15, 0.2) is 0 Å². The van der Waals surface area contributed by atoms with Crippen LogP contribution >= 0.6 is 15.9 Å². The van der Waals surface area contributed by atoms with Crippen LogP contribution in [0.3, 0.4) is 0 Å². The summed E-state index contributed by atoms with van der Waals surface area (Å²) in [4.78, 5) is 11.0. The van der Waals surface area contributed by atoms with Crippen LogP contribution in [0.4, 0.5) is 0 Å². The number of benzene rings is 1. The number of hydrazine groups is 1. The van der Waals surface area contributed by atoms with Crippen molar-refractivity contribution >= 4 is 21.8 Å². The normalized spacial score (nSPS) is 12.2. The third-order valence-corrected chi connectivity index (χ3v) is 2.38. The second-order valence-corrected chi connectivity index (χ2v) is 3.86. The molecule has 0 saturated heterocycles. The van der Waals surface area contributed by atoms with Crippen molar-refractivity contribution in [2.75, 3.05) is 0 Å². The Balaban J connectivity index is 2.60. The molecule has 5 N–H and O–H groups in total. The number of hydrogen-bond donors (Lipinski definition) is 3. The summed E-state index contributed by atoms with van der Waals surface area (Å²) in [6.07, 6.45) is 0.482. The first kappa shape index (κ1) is 11.2. The third-order valence-electron chi connectivity index (χ3n) is 1.85. The lowest BCUT2D eigenvalue weighted by Gasteiger charge is -2.09. The summed E-state index contributed by atoms with van der Waals surface area (Å²) in [5.41, 5.74) is 8.62. The number of amides is 1. The number of carbonyl (C=O) groups is 1. The highest BCUT2D eigenvalue weighted by Gasteiger charge is 2.11. The molecule has 0 aliphatic carbocycles. The molecule has 0 aliphatic rings. The minimum Gasteiger partial charge on any atom is -0.320 e. The van der Waals surface area contributed by atoms with E-state index in [9.17, 15) is 4.79 Å². The first-order valence-electron chi connectivity index (χ1n) is 4.14. The van der Waals surface area contributed by atoms with Crippen molar-refractivity contribution in [1.29, 1.82) is 0 Å². The van der Waals surface area contributed by atoms with Crippen LogP contribution in [0.5, 0.6) is 0 Å². The predicted octanol–water partition coefficient (Wildman–Crippen LogP) is 0.309. The van der Waals surface area contributed by atoms with Gasteiger partial charge in [-0.25, -0.2) is 5.84 Å². The van der Waals surface area contributed by atoms with E-state index in [4.69, 9.17) is 11.6 Å². The van der Waals surface area contributed by atoms with Gasteiger partial charge in [0.1, 0.15) is 0 Å². The molecule has 1 atom stereocenters. The molecule has 1 aromatic rings. The van der Waals surface area contributed by atoms with Crippen molar-refractivity contribution in [3.8, 4) is 0 Å². The van der Waals surface area contributed by atoms with E-state index < -0.39 is 6.04 Å². The summed E-state index contributed by atoms with van der Waals surface area (Å²) in [7, 11) is 0. The second kappa shape index (κ2) is 5.09. The summed E-state index contributed by atoms with van der Waals surface area (Å²) in [6.45, 7) is 0. The van der Waals surface area contributed by atoms with Gasteiger partial charge in [-0.15, -0.1) is 0 Å². The lowest BCUT2D eigenvalue weighted by Crippen LogP contribution is -2.45. The molecule has 0 radical (unpaired) electrons. The molecule has 5 heteroatoms. The average molecular weight is 258 g/mol. The Bertz CT molecular complexity index is 312. The van der Waals surface area contributed by atoms with Crippen molar-refractivity contribution < 1.29 is 4.79 Å². The average Bonchev–Trinajstić information content (AvgIpc) is 2.20. The van der Waals surface area contributed by atoms with Crippen LogP contribution in [-0.4, -0.2) is 11.9 Å². The number of hydrogen-bond acceptors (Lipinski definition) is 3. The lowest BCUT2D eigenvalue weighted by molar-refractivity contribution is -0.122. The van der Waals surface area contributed by atoms with E-state index in [0.29, 0.717) is 6.42 Å². The van der Waals surface area contributed by atoms with Crippen LogP contribution < -0.4 is 17.0 Å². The zero-order valence-corrected chi connectivity index (χ0v) is 9.12.